The summed E-state index contributed by atoms with van der Waals surface area (Å²) in [4.78, 5) is 26.8. The number of fused-ring (bicyclic) bond motifs is 1. The highest BCUT2D eigenvalue weighted by Crippen LogP contribution is 2.28. The van der Waals surface area contributed by atoms with Crippen LogP contribution in [0, 0.1) is 0 Å². The summed E-state index contributed by atoms with van der Waals surface area (Å²) < 4.78 is 10.3. The number of amides is 2. The number of hydrogen-bond donors (Lipinski definition) is 2. The normalized spacial score (nSPS) is 12.9. The first-order valence-electron chi connectivity index (χ1n) is 6.21. The number of aromatic nitrogens is 1. The largest absolute Gasteiger partial charge is 0.468 e. The topological polar surface area (TPSA) is 120 Å². The van der Waals surface area contributed by atoms with Crippen molar-refractivity contribution in [1.82, 2.24) is 10.4 Å². The number of urea groups is 1. The fourth-order valence-electron chi connectivity index (χ4n) is 1.62. The molecule has 9 heteroatoms. The zero-order valence-electron chi connectivity index (χ0n) is 11.9. The molecule has 1 atom stereocenters. The van der Waals surface area contributed by atoms with E-state index in [1.54, 1.807) is 19.1 Å². The highest BCUT2D eigenvalue weighted by molar-refractivity contribution is 8.01. The molecule has 0 spiro atoms. The zero-order chi connectivity index (χ0) is 16.1. The summed E-state index contributed by atoms with van der Waals surface area (Å²) in [7, 11) is 1.26. The van der Waals surface area contributed by atoms with E-state index >= 15 is 0 Å². The van der Waals surface area contributed by atoms with E-state index in [4.69, 9.17) is 14.9 Å². The maximum absolute atomic E-state index is 11.9. The fourth-order valence-corrected chi connectivity index (χ4v) is 2.52. The average molecular weight is 322 g/mol. The van der Waals surface area contributed by atoms with E-state index in [0.717, 1.165) is 11.8 Å². The predicted molar refractivity (Wildman–Crippen MR) is 81.5 cm³/mol. The summed E-state index contributed by atoms with van der Waals surface area (Å²) in [6.45, 7) is 1.56. The van der Waals surface area contributed by atoms with E-state index < -0.39 is 17.3 Å². The molecule has 0 aliphatic rings. The van der Waals surface area contributed by atoms with Crippen LogP contribution >= 0.6 is 11.8 Å². The highest BCUT2D eigenvalue weighted by Gasteiger charge is 2.26. The summed E-state index contributed by atoms with van der Waals surface area (Å²) >= 11 is 1.03. The summed E-state index contributed by atoms with van der Waals surface area (Å²) in [6, 6.07) is 6.40. The Morgan fingerprint density at radius 2 is 2.18 bits per heavy atom. The van der Waals surface area contributed by atoms with Gasteiger partial charge in [-0.05, 0) is 30.8 Å². The fraction of sp³-hybridized carbons (Fsp3) is 0.231. The van der Waals surface area contributed by atoms with Crippen LogP contribution in [0.25, 0.3) is 11.1 Å². The first-order valence-corrected chi connectivity index (χ1v) is 7.09. The number of benzene rings is 1. The Morgan fingerprint density at radius 3 is 2.82 bits per heavy atom. The third-order valence-electron chi connectivity index (χ3n) is 2.63. The minimum absolute atomic E-state index is 0.297. The molecule has 1 aromatic heterocycles. The molecule has 1 unspecified atom stereocenters. The lowest BCUT2D eigenvalue weighted by molar-refractivity contribution is -0.138. The molecule has 0 aliphatic heterocycles. The molecule has 1 heterocycles. The van der Waals surface area contributed by atoms with Crippen molar-refractivity contribution in [3.8, 4) is 0 Å². The van der Waals surface area contributed by atoms with Crippen molar-refractivity contribution < 1.29 is 18.7 Å². The average Bonchev–Trinajstić information content (AvgIpc) is 2.92. The quantitative estimate of drug-likeness (QED) is 0.372. The van der Waals surface area contributed by atoms with Gasteiger partial charge < -0.3 is 14.9 Å². The van der Waals surface area contributed by atoms with E-state index in [-0.39, 0.29) is 0 Å². The smallest absolute Gasteiger partial charge is 0.332 e. The highest BCUT2D eigenvalue weighted by atomic mass is 32.2. The van der Waals surface area contributed by atoms with Crippen LogP contribution in [0.2, 0.25) is 0 Å². The van der Waals surface area contributed by atoms with Gasteiger partial charge in [0, 0.05) is 0 Å². The Labute approximate surface area is 130 Å². The van der Waals surface area contributed by atoms with Crippen LogP contribution < -0.4 is 11.2 Å². The van der Waals surface area contributed by atoms with Crippen molar-refractivity contribution >= 4 is 40.6 Å². The molecule has 2 rings (SSSR count). The standard InChI is InChI=1S/C13H14N4O4S/c1-7(16-17-12(14)19)10(11(18)20-2)22-13-15-8-5-3-4-6-9(8)21-13/h3-6,10H,1-2H3,(H3,14,17,19)/b16-7+. The van der Waals surface area contributed by atoms with Crippen LogP contribution in [0.4, 0.5) is 4.79 Å². The van der Waals surface area contributed by atoms with Gasteiger partial charge in [0.05, 0.1) is 12.8 Å². The second-order valence-corrected chi connectivity index (χ2v) is 5.25. The summed E-state index contributed by atoms with van der Waals surface area (Å²) in [5.74, 6) is -0.542. The van der Waals surface area contributed by atoms with Gasteiger partial charge in [-0.25, -0.2) is 15.2 Å². The molecule has 0 aliphatic carbocycles. The third kappa shape index (κ3) is 3.76. The minimum Gasteiger partial charge on any atom is -0.468 e. The molecule has 8 nitrogen and oxygen atoms in total. The molecule has 0 saturated heterocycles. The van der Waals surface area contributed by atoms with Gasteiger partial charge >= 0.3 is 12.0 Å². The van der Waals surface area contributed by atoms with Crippen molar-refractivity contribution in [2.45, 2.75) is 17.4 Å². The molecular formula is C13H14N4O4S. The number of ether oxygens (including phenoxy) is 1. The molecule has 0 bridgehead atoms. The van der Waals surface area contributed by atoms with E-state index in [2.05, 4.69) is 15.5 Å². The van der Waals surface area contributed by atoms with Crippen molar-refractivity contribution in [3.63, 3.8) is 0 Å². The first-order chi connectivity index (χ1) is 10.5. The van der Waals surface area contributed by atoms with Gasteiger partial charge in [0.2, 0.25) is 0 Å². The molecule has 116 valence electrons. The van der Waals surface area contributed by atoms with Crippen LogP contribution in [0.3, 0.4) is 0 Å². The number of nitrogens with two attached hydrogens (primary N) is 1. The minimum atomic E-state index is -0.824. The Balaban J connectivity index is 2.24. The lowest BCUT2D eigenvalue weighted by atomic mass is 10.3. The van der Waals surface area contributed by atoms with Gasteiger partial charge in [-0.2, -0.15) is 5.10 Å². The number of thioether (sulfide) groups is 1. The van der Waals surface area contributed by atoms with Crippen LogP contribution in [0.5, 0.6) is 0 Å². The monoisotopic (exact) mass is 322 g/mol. The zero-order valence-corrected chi connectivity index (χ0v) is 12.7. The molecule has 1 aromatic carbocycles. The van der Waals surface area contributed by atoms with Crippen molar-refractivity contribution in [3.05, 3.63) is 24.3 Å². The Bertz CT molecular complexity index is 695. The lowest BCUT2D eigenvalue weighted by Gasteiger charge is -2.11. The Kier molecular flexibility index (Phi) is 4.99. The van der Waals surface area contributed by atoms with Crippen molar-refractivity contribution in [2.24, 2.45) is 10.8 Å². The maximum Gasteiger partial charge on any atom is 0.332 e. The van der Waals surface area contributed by atoms with Gasteiger partial charge in [0.1, 0.15) is 5.52 Å². The van der Waals surface area contributed by atoms with E-state index in [1.807, 2.05) is 12.1 Å². The number of para-hydroxylation sites is 2. The summed E-state index contributed by atoms with van der Waals surface area (Å²) in [5.41, 5.74) is 8.61. The van der Waals surface area contributed by atoms with Gasteiger partial charge in [-0.15, -0.1) is 0 Å². The molecular weight excluding hydrogens is 308 g/mol. The van der Waals surface area contributed by atoms with E-state index in [0.29, 0.717) is 22.0 Å². The van der Waals surface area contributed by atoms with Crippen molar-refractivity contribution in [1.29, 1.82) is 0 Å². The van der Waals surface area contributed by atoms with E-state index in [9.17, 15) is 9.59 Å². The number of nitrogens with zero attached hydrogens (tertiary/aromatic N) is 2. The second kappa shape index (κ2) is 6.94. The number of esters is 1. The van der Waals surface area contributed by atoms with Gasteiger partial charge in [0.25, 0.3) is 5.22 Å². The number of carbonyl (C=O) groups excluding carboxylic acids is 2. The second-order valence-electron chi connectivity index (χ2n) is 4.20. The van der Waals surface area contributed by atoms with E-state index in [1.165, 1.54) is 7.11 Å². The molecule has 3 N–H and O–H groups in total. The number of rotatable bonds is 5. The number of methoxy groups -OCH3 is 1. The molecule has 2 amide bonds. The van der Waals surface area contributed by atoms with Gasteiger partial charge in [-0.1, -0.05) is 12.1 Å². The predicted octanol–water partition coefficient (Wildman–Crippen LogP) is 1.51. The van der Waals surface area contributed by atoms with Crippen LogP contribution in [-0.4, -0.2) is 35.1 Å². The first kappa shape index (κ1) is 15.8. The summed E-state index contributed by atoms with van der Waals surface area (Å²) in [5, 5.41) is 3.23. The third-order valence-corrected chi connectivity index (χ3v) is 3.78. The van der Waals surface area contributed by atoms with Crippen LogP contribution in [0.15, 0.2) is 39.0 Å². The van der Waals surface area contributed by atoms with Crippen LogP contribution in [0.1, 0.15) is 6.92 Å². The molecule has 0 fully saturated rings. The summed E-state index contributed by atoms with van der Waals surface area (Å²) in [6.07, 6.45) is 0. The number of primary amides is 1. The molecule has 22 heavy (non-hydrogen) atoms. The molecule has 2 aromatic rings. The number of hydrazone groups is 1. The lowest BCUT2D eigenvalue weighted by Crippen LogP contribution is -2.31. The Morgan fingerprint density at radius 1 is 1.45 bits per heavy atom. The SMILES string of the molecule is COC(=O)C(Sc1nc2ccccc2o1)/C(C)=N/NC(N)=O. The maximum atomic E-state index is 11.9. The van der Waals surface area contributed by atoms with Gasteiger partial charge in [-0.3, -0.25) is 4.79 Å². The van der Waals surface area contributed by atoms with Gasteiger partial charge in [0.15, 0.2) is 10.8 Å². The van der Waals surface area contributed by atoms with Crippen molar-refractivity contribution in [2.75, 3.05) is 7.11 Å². The number of oxazole rings is 1. The number of hydrogen-bond acceptors (Lipinski definition) is 7. The number of carbonyl (C=O) groups is 2. The number of nitrogens with one attached hydrogen (secondary N) is 1. The Hall–Kier alpha value is -2.55. The van der Waals surface area contributed by atoms with Crippen LogP contribution in [-0.2, 0) is 9.53 Å². The molecule has 0 saturated carbocycles. The molecule has 0 radical (unpaired) electrons.